The van der Waals surface area contributed by atoms with Crippen LogP contribution in [0.3, 0.4) is 0 Å². The predicted octanol–water partition coefficient (Wildman–Crippen LogP) is 2.97. The van der Waals surface area contributed by atoms with Crippen LogP contribution in [0.5, 0.6) is 11.8 Å². The number of nitrogens with zero attached hydrogens (tertiary/aromatic N) is 1. The van der Waals surface area contributed by atoms with Crippen LogP contribution >= 0.6 is 0 Å². The molecule has 0 radical (unpaired) electrons. The Bertz CT molecular complexity index is 561. The highest BCUT2D eigenvalue weighted by molar-refractivity contribution is 5.71. The van der Waals surface area contributed by atoms with Crippen LogP contribution in [0.2, 0.25) is 0 Å². The molecule has 1 aromatic heterocycles. The van der Waals surface area contributed by atoms with Crippen molar-refractivity contribution in [3.63, 3.8) is 0 Å². The summed E-state index contributed by atoms with van der Waals surface area (Å²) in [6.45, 7) is 2.16. The third kappa shape index (κ3) is 2.67. The Morgan fingerprint density at radius 3 is 2.63 bits per heavy atom. The van der Waals surface area contributed by atoms with Crippen molar-refractivity contribution >= 4 is 0 Å². The van der Waals surface area contributed by atoms with E-state index in [0.29, 0.717) is 5.56 Å². The summed E-state index contributed by atoms with van der Waals surface area (Å²) in [6.07, 6.45) is 3.30. The Morgan fingerprint density at radius 2 is 2.00 bits per heavy atom. The molecule has 0 unspecified atom stereocenters. The first-order chi connectivity index (χ1) is 9.17. The maximum Gasteiger partial charge on any atom is 0.237 e. The fraction of sp³-hybridized carbons (Fsp3) is 0.333. The lowest BCUT2D eigenvalue weighted by Gasteiger charge is -2.05. The molecule has 1 heterocycles. The van der Waals surface area contributed by atoms with Gasteiger partial charge in [-0.3, -0.25) is 0 Å². The second kappa shape index (κ2) is 5.69. The van der Waals surface area contributed by atoms with Crippen molar-refractivity contribution < 1.29 is 15.1 Å². The van der Waals surface area contributed by atoms with Gasteiger partial charge in [-0.1, -0.05) is 37.6 Å². The zero-order valence-corrected chi connectivity index (χ0v) is 11.3. The third-order valence-corrected chi connectivity index (χ3v) is 3.15. The monoisotopic (exact) mass is 261 g/mol. The molecule has 0 spiro atoms. The summed E-state index contributed by atoms with van der Waals surface area (Å²) in [6, 6.07) is 9.47. The normalized spacial score (nSPS) is 10.6. The van der Waals surface area contributed by atoms with Gasteiger partial charge in [0.2, 0.25) is 11.8 Å². The van der Waals surface area contributed by atoms with Crippen LogP contribution in [0.1, 0.15) is 25.3 Å². The molecule has 0 atom stereocenters. The van der Waals surface area contributed by atoms with Crippen LogP contribution in [0.15, 0.2) is 30.3 Å². The average molecular weight is 261 g/mol. The molecule has 4 heteroatoms. The molecular weight excluding hydrogens is 242 g/mol. The smallest absolute Gasteiger partial charge is 0.237 e. The molecule has 0 saturated carbocycles. The van der Waals surface area contributed by atoms with E-state index in [2.05, 4.69) is 13.0 Å². The maximum atomic E-state index is 10.0. The number of unbranched alkanes of at least 4 members (excludes halogenated alkanes) is 1. The highest BCUT2D eigenvalue weighted by Crippen LogP contribution is 2.35. The largest absolute Gasteiger partial charge is 0.492 e. The Hall–Kier alpha value is -2.10. The molecule has 2 aromatic rings. The van der Waals surface area contributed by atoms with Gasteiger partial charge in [0.25, 0.3) is 0 Å². The minimum absolute atomic E-state index is 0.0901. The molecule has 2 rings (SSSR count). The molecule has 0 aliphatic rings. The van der Waals surface area contributed by atoms with Gasteiger partial charge in [0, 0.05) is 6.07 Å². The first-order valence-corrected chi connectivity index (χ1v) is 6.44. The van der Waals surface area contributed by atoms with Gasteiger partial charge in [0.1, 0.15) is 7.11 Å². The van der Waals surface area contributed by atoms with E-state index in [0.717, 1.165) is 29.6 Å². The lowest BCUT2D eigenvalue weighted by Crippen LogP contribution is -2.03. The molecule has 0 aliphatic carbocycles. The Morgan fingerprint density at radius 1 is 1.21 bits per heavy atom. The SMILES string of the molecule is CCCCc1cccc(-c2cc(O)n(OC)c2O)c1. The highest BCUT2D eigenvalue weighted by atomic mass is 16.7. The quantitative estimate of drug-likeness (QED) is 0.870. The zero-order valence-electron chi connectivity index (χ0n) is 11.3. The molecule has 19 heavy (non-hydrogen) atoms. The minimum atomic E-state index is -0.117. The standard InChI is InChI=1S/C15H19NO3/c1-3-4-6-11-7-5-8-12(9-11)13-10-14(17)16(19-2)15(13)18/h5,7-10,17-18H,3-4,6H2,1-2H3. The number of benzene rings is 1. The van der Waals surface area contributed by atoms with Crippen molar-refractivity contribution in [3.05, 3.63) is 35.9 Å². The number of hydrogen-bond acceptors (Lipinski definition) is 3. The maximum absolute atomic E-state index is 10.0. The Kier molecular flexibility index (Phi) is 4.00. The molecule has 0 amide bonds. The molecule has 4 nitrogen and oxygen atoms in total. The van der Waals surface area contributed by atoms with Crippen LogP contribution in [0, 0.1) is 0 Å². The van der Waals surface area contributed by atoms with E-state index < -0.39 is 0 Å². The summed E-state index contributed by atoms with van der Waals surface area (Å²) in [4.78, 5) is 4.89. The molecule has 0 bridgehead atoms. The van der Waals surface area contributed by atoms with E-state index in [4.69, 9.17) is 4.84 Å². The van der Waals surface area contributed by atoms with Crippen LogP contribution in [0.4, 0.5) is 0 Å². The summed E-state index contributed by atoms with van der Waals surface area (Å²) >= 11 is 0. The van der Waals surface area contributed by atoms with Crippen LogP contribution in [-0.2, 0) is 6.42 Å². The Balaban J connectivity index is 2.36. The predicted molar refractivity (Wildman–Crippen MR) is 74.3 cm³/mol. The summed E-state index contributed by atoms with van der Waals surface area (Å²) in [5, 5.41) is 19.7. The number of aromatic nitrogens is 1. The van der Waals surface area contributed by atoms with Gasteiger partial charge in [-0.05, 0) is 24.0 Å². The van der Waals surface area contributed by atoms with E-state index >= 15 is 0 Å². The average Bonchev–Trinajstić information content (AvgIpc) is 2.71. The zero-order chi connectivity index (χ0) is 13.8. The van der Waals surface area contributed by atoms with Crippen molar-refractivity contribution in [3.8, 4) is 22.9 Å². The first kappa shape index (κ1) is 13.3. The van der Waals surface area contributed by atoms with Gasteiger partial charge in [-0.15, -0.1) is 4.73 Å². The van der Waals surface area contributed by atoms with Crippen LogP contribution in [-0.4, -0.2) is 22.1 Å². The van der Waals surface area contributed by atoms with Crippen LogP contribution in [0.25, 0.3) is 11.1 Å². The fourth-order valence-electron chi connectivity index (χ4n) is 2.14. The van der Waals surface area contributed by atoms with Crippen LogP contribution < -0.4 is 4.84 Å². The third-order valence-electron chi connectivity index (χ3n) is 3.15. The number of rotatable bonds is 5. The molecule has 102 valence electrons. The van der Waals surface area contributed by atoms with Crippen molar-refractivity contribution in [1.82, 2.24) is 4.73 Å². The molecule has 2 N–H and O–H groups in total. The Labute approximate surface area is 112 Å². The molecule has 1 aromatic carbocycles. The van der Waals surface area contributed by atoms with Gasteiger partial charge in [0.05, 0.1) is 5.56 Å². The second-order valence-corrected chi connectivity index (χ2v) is 4.52. The second-order valence-electron chi connectivity index (χ2n) is 4.52. The molecule has 0 aliphatic heterocycles. The van der Waals surface area contributed by atoms with Gasteiger partial charge >= 0.3 is 0 Å². The topological polar surface area (TPSA) is 54.6 Å². The van der Waals surface area contributed by atoms with Gasteiger partial charge in [-0.25, -0.2) is 0 Å². The summed E-state index contributed by atoms with van der Waals surface area (Å²) in [5.74, 6) is -0.207. The summed E-state index contributed by atoms with van der Waals surface area (Å²) in [7, 11) is 1.39. The van der Waals surface area contributed by atoms with E-state index in [1.807, 2.05) is 18.2 Å². The van der Waals surface area contributed by atoms with Crippen molar-refractivity contribution in [2.75, 3.05) is 7.11 Å². The number of hydrogen-bond donors (Lipinski definition) is 2. The van der Waals surface area contributed by atoms with Crippen molar-refractivity contribution in [2.24, 2.45) is 0 Å². The van der Waals surface area contributed by atoms with E-state index in [1.54, 1.807) is 0 Å². The first-order valence-electron chi connectivity index (χ1n) is 6.44. The van der Waals surface area contributed by atoms with E-state index in [1.165, 1.54) is 18.7 Å². The fourth-order valence-corrected chi connectivity index (χ4v) is 2.14. The molecule has 0 fully saturated rings. The minimum Gasteiger partial charge on any atom is -0.492 e. The van der Waals surface area contributed by atoms with E-state index in [9.17, 15) is 10.2 Å². The number of aryl methyl sites for hydroxylation is 1. The van der Waals surface area contributed by atoms with Gasteiger partial charge in [0.15, 0.2) is 0 Å². The lowest BCUT2D eigenvalue weighted by molar-refractivity contribution is 0.120. The summed E-state index contributed by atoms with van der Waals surface area (Å²) < 4.78 is 0.994. The lowest BCUT2D eigenvalue weighted by atomic mass is 10.0. The van der Waals surface area contributed by atoms with Crippen molar-refractivity contribution in [1.29, 1.82) is 0 Å². The van der Waals surface area contributed by atoms with Gasteiger partial charge < -0.3 is 15.1 Å². The number of aromatic hydroxyl groups is 2. The van der Waals surface area contributed by atoms with Crippen molar-refractivity contribution in [2.45, 2.75) is 26.2 Å². The molecule has 0 saturated heterocycles. The van der Waals surface area contributed by atoms with Gasteiger partial charge in [-0.2, -0.15) is 0 Å². The van der Waals surface area contributed by atoms with E-state index in [-0.39, 0.29) is 11.8 Å². The molecular formula is C15H19NO3. The highest BCUT2D eigenvalue weighted by Gasteiger charge is 2.15. The summed E-state index contributed by atoms with van der Waals surface area (Å²) in [5.41, 5.74) is 2.67.